The maximum absolute atomic E-state index is 12.8. The Labute approximate surface area is 90.7 Å². The second-order valence-corrected chi connectivity index (χ2v) is 3.37. The van der Waals surface area contributed by atoms with Gasteiger partial charge in [-0.1, -0.05) is 6.92 Å². The molecule has 0 saturated carbocycles. The second-order valence-electron chi connectivity index (χ2n) is 3.37. The quantitative estimate of drug-likeness (QED) is 0.813. The van der Waals surface area contributed by atoms with E-state index in [1.54, 1.807) is 6.92 Å². The minimum Gasteiger partial charge on any atom is -0.310 e. The molecule has 0 amide bonds. The maximum Gasteiger partial charge on any atom is 0.390 e. The third kappa shape index (κ3) is 4.14. The van der Waals surface area contributed by atoms with Gasteiger partial charge in [-0.2, -0.15) is 13.2 Å². The van der Waals surface area contributed by atoms with Gasteiger partial charge in [0.1, 0.15) is 5.82 Å². The predicted molar refractivity (Wildman–Crippen MR) is 51.3 cm³/mol. The third-order valence-corrected chi connectivity index (χ3v) is 2.01. The van der Waals surface area contributed by atoms with E-state index in [0.29, 0.717) is 6.54 Å². The Kier molecular flexibility index (Phi) is 4.23. The lowest BCUT2D eigenvalue weighted by atomic mass is 10.1. The van der Waals surface area contributed by atoms with Crippen molar-refractivity contribution in [2.24, 2.45) is 0 Å². The van der Waals surface area contributed by atoms with Crippen LogP contribution in [-0.2, 0) is 0 Å². The summed E-state index contributed by atoms with van der Waals surface area (Å²) in [5.74, 6) is -0.637. The molecule has 1 aromatic heterocycles. The molecular weight excluding hydrogens is 224 g/mol. The Bertz CT molecular complexity index is 338. The van der Waals surface area contributed by atoms with Crippen molar-refractivity contribution in [1.82, 2.24) is 10.3 Å². The molecule has 1 rings (SSSR count). The zero-order valence-electron chi connectivity index (χ0n) is 8.68. The van der Waals surface area contributed by atoms with Gasteiger partial charge in [-0.3, -0.25) is 4.98 Å². The molecular formula is C10H12F4N2. The number of nitrogens with one attached hydrogen (secondary N) is 1. The summed E-state index contributed by atoms with van der Waals surface area (Å²) >= 11 is 0. The van der Waals surface area contributed by atoms with Crippen LogP contribution >= 0.6 is 0 Å². The number of pyridine rings is 1. The average Bonchev–Trinajstić information content (AvgIpc) is 2.15. The van der Waals surface area contributed by atoms with Gasteiger partial charge in [0.15, 0.2) is 0 Å². The molecule has 2 nitrogen and oxygen atoms in total. The van der Waals surface area contributed by atoms with Gasteiger partial charge in [-0.05, 0) is 18.2 Å². The molecule has 0 radical (unpaired) electrons. The van der Waals surface area contributed by atoms with Crippen LogP contribution in [0.1, 0.15) is 24.9 Å². The summed E-state index contributed by atoms with van der Waals surface area (Å²) in [6.07, 6.45) is -3.13. The summed E-state index contributed by atoms with van der Waals surface area (Å²) in [6, 6.07) is 0.111. The number of rotatable bonds is 4. The second kappa shape index (κ2) is 5.25. The van der Waals surface area contributed by atoms with Crippen LogP contribution in [0.4, 0.5) is 17.6 Å². The minimum absolute atomic E-state index is 0.208. The van der Waals surface area contributed by atoms with Crippen LogP contribution in [0, 0.1) is 5.82 Å². The Morgan fingerprint density at radius 2 is 2.06 bits per heavy atom. The van der Waals surface area contributed by atoms with Gasteiger partial charge in [0, 0.05) is 12.2 Å². The highest BCUT2D eigenvalue weighted by Crippen LogP contribution is 2.29. The fourth-order valence-corrected chi connectivity index (χ4v) is 1.40. The van der Waals surface area contributed by atoms with Gasteiger partial charge in [0.25, 0.3) is 0 Å². The summed E-state index contributed by atoms with van der Waals surface area (Å²) in [5, 5.41) is 2.66. The van der Waals surface area contributed by atoms with E-state index in [1.165, 1.54) is 6.20 Å². The van der Waals surface area contributed by atoms with Gasteiger partial charge in [-0.25, -0.2) is 4.39 Å². The normalized spacial score (nSPS) is 13.8. The van der Waals surface area contributed by atoms with Gasteiger partial charge in [-0.15, -0.1) is 0 Å². The Hall–Kier alpha value is -1.17. The van der Waals surface area contributed by atoms with E-state index in [-0.39, 0.29) is 5.56 Å². The third-order valence-electron chi connectivity index (χ3n) is 2.01. The maximum atomic E-state index is 12.8. The monoisotopic (exact) mass is 236 g/mol. The van der Waals surface area contributed by atoms with E-state index in [1.807, 2.05) is 0 Å². The SMILES string of the molecule is CCNC(CC(F)(F)F)c1cncc(F)c1. The molecule has 0 aromatic carbocycles. The standard InChI is InChI=1S/C10H12F4N2/c1-2-16-9(4-10(12,13)14)7-3-8(11)6-15-5-7/h3,5-6,9,16H,2,4H2,1H3. The Morgan fingerprint density at radius 3 is 2.56 bits per heavy atom. The van der Waals surface area contributed by atoms with Gasteiger partial charge >= 0.3 is 6.18 Å². The lowest BCUT2D eigenvalue weighted by Gasteiger charge is -2.19. The van der Waals surface area contributed by atoms with Crippen LogP contribution in [0.25, 0.3) is 0 Å². The van der Waals surface area contributed by atoms with E-state index < -0.39 is 24.5 Å². The Balaban J connectivity index is 2.85. The van der Waals surface area contributed by atoms with Gasteiger partial charge in [0.05, 0.1) is 12.6 Å². The van der Waals surface area contributed by atoms with E-state index in [0.717, 1.165) is 12.3 Å². The highest BCUT2D eigenvalue weighted by atomic mass is 19.4. The fourth-order valence-electron chi connectivity index (χ4n) is 1.40. The topological polar surface area (TPSA) is 24.9 Å². The van der Waals surface area contributed by atoms with Crippen LogP contribution in [-0.4, -0.2) is 17.7 Å². The summed E-state index contributed by atoms with van der Waals surface area (Å²) in [6.45, 7) is 2.06. The molecule has 6 heteroatoms. The largest absolute Gasteiger partial charge is 0.390 e. The lowest BCUT2D eigenvalue weighted by Crippen LogP contribution is -2.26. The molecule has 1 heterocycles. The lowest BCUT2D eigenvalue weighted by molar-refractivity contribution is -0.140. The molecule has 0 saturated heterocycles. The molecule has 0 spiro atoms. The van der Waals surface area contributed by atoms with Crippen molar-refractivity contribution in [3.63, 3.8) is 0 Å². The molecule has 1 unspecified atom stereocenters. The number of aromatic nitrogens is 1. The zero-order chi connectivity index (χ0) is 12.2. The van der Waals surface area contributed by atoms with E-state index in [2.05, 4.69) is 10.3 Å². The van der Waals surface area contributed by atoms with Crippen LogP contribution in [0.3, 0.4) is 0 Å². The number of nitrogens with zero attached hydrogens (tertiary/aromatic N) is 1. The van der Waals surface area contributed by atoms with Gasteiger partial charge in [0.2, 0.25) is 0 Å². The number of hydrogen-bond donors (Lipinski definition) is 1. The predicted octanol–water partition coefficient (Wildman–Crippen LogP) is 2.82. The van der Waals surface area contributed by atoms with Crippen molar-refractivity contribution in [3.8, 4) is 0 Å². The molecule has 0 aliphatic carbocycles. The molecule has 1 aromatic rings. The first-order valence-electron chi connectivity index (χ1n) is 4.83. The molecule has 90 valence electrons. The molecule has 0 aliphatic rings. The van der Waals surface area contributed by atoms with Gasteiger partial charge < -0.3 is 5.32 Å². The highest BCUT2D eigenvalue weighted by molar-refractivity contribution is 5.15. The van der Waals surface area contributed by atoms with Crippen LogP contribution in [0.5, 0.6) is 0 Å². The molecule has 0 bridgehead atoms. The summed E-state index contributed by atoms with van der Waals surface area (Å²) in [5.41, 5.74) is 0.208. The number of halogens is 4. The summed E-state index contributed by atoms with van der Waals surface area (Å²) < 4.78 is 49.6. The minimum atomic E-state index is -4.29. The van der Waals surface area contributed by atoms with Crippen LogP contribution in [0.15, 0.2) is 18.5 Å². The van der Waals surface area contributed by atoms with E-state index >= 15 is 0 Å². The highest BCUT2D eigenvalue weighted by Gasteiger charge is 2.32. The van der Waals surface area contributed by atoms with E-state index in [9.17, 15) is 17.6 Å². The van der Waals surface area contributed by atoms with Crippen LogP contribution in [0.2, 0.25) is 0 Å². The zero-order valence-corrected chi connectivity index (χ0v) is 8.68. The first-order chi connectivity index (χ1) is 7.42. The fraction of sp³-hybridized carbons (Fsp3) is 0.500. The van der Waals surface area contributed by atoms with Crippen molar-refractivity contribution in [2.45, 2.75) is 25.6 Å². The summed E-state index contributed by atoms with van der Waals surface area (Å²) in [4.78, 5) is 3.54. The average molecular weight is 236 g/mol. The van der Waals surface area contributed by atoms with Crippen molar-refractivity contribution < 1.29 is 17.6 Å². The molecule has 0 fully saturated rings. The van der Waals surface area contributed by atoms with E-state index in [4.69, 9.17) is 0 Å². The smallest absolute Gasteiger partial charge is 0.310 e. The molecule has 1 atom stereocenters. The molecule has 1 N–H and O–H groups in total. The summed E-state index contributed by atoms with van der Waals surface area (Å²) in [7, 11) is 0. The van der Waals surface area contributed by atoms with Crippen molar-refractivity contribution in [1.29, 1.82) is 0 Å². The first-order valence-corrected chi connectivity index (χ1v) is 4.83. The van der Waals surface area contributed by atoms with Crippen LogP contribution < -0.4 is 5.32 Å². The van der Waals surface area contributed by atoms with Crippen molar-refractivity contribution in [2.75, 3.05) is 6.54 Å². The van der Waals surface area contributed by atoms with Crippen molar-refractivity contribution >= 4 is 0 Å². The molecule has 0 aliphatic heterocycles. The van der Waals surface area contributed by atoms with Crippen molar-refractivity contribution in [3.05, 3.63) is 29.8 Å². The first kappa shape index (κ1) is 12.9. The number of alkyl halides is 3. The number of hydrogen-bond acceptors (Lipinski definition) is 2. The molecule has 16 heavy (non-hydrogen) atoms. The Morgan fingerprint density at radius 1 is 1.38 bits per heavy atom.